The summed E-state index contributed by atoms with van der Waals surface area (Å²) in [5.41, 5.74) is 1.90. The van der Waals surface area contributed by atoms with Crippen LogP contribution in [0.25, 0.3) is 0 Å². The van der Waals surface area contributed by atoms with Crippen molar-refractivity contribution in [3.8, 4) is 5.75 Å². The molecule has 5 nitrogen and oxygen atoms in total. The molecule has 0 bridgehead atoms. The fourth-order valence-corrected chi connectivity index (χ4v) is 3.16. The molecule has 1 amide bonds. The Morgan fingerprint density at radius 2 is 2.07 bits per heavy atom. The highest BCUT2D eigenvalue weighted by molar-refractivity contribution is 5.85. The van der Waals surface area contributed by atoms with Crippen molar-refractivity contribution < 1.29 is 13.9 Å². The summed E-state index contributed by atoms with van der Waals surface area (Å²) in [6, 6.07) is 14.2. The van der Waals surface area contributed by atoms with E-state index >= 15 is 0 Å². The molecule has 1 saturated heterocycles. The molecular formula is C20H25ClFN3O2. The second-order valence-corrected chi connectivity index (χ2v) is 6.37. The fraction of sp³-hybridized carbons (Fsp3) is 0.350. The van der Waals surface area contributed by atoms with Crippen LogP contribution in [0.4, 0.5) is 4.39 Å². The Balaban J connectivity index is 0.00000261. The van der Waals surface area contributed by atoms with Gasteiger partial charge in [0.2, 0.25) is 5.91 Å². The van der Waals surface area contributed by atoms with Gasteiger partial charge in [-0.1, -0.05) is 24.3 Å². The first kappa shape index (κ1) is 21.2. The molecule has 1 atom stereocenters. The van der Waals surface area contributed by atoms with E-state index in [1.807, 2.05) is 30.3 Å². The molecule has 0 radical (unpaired) electrons. The van der Waals surface area contributed by atoms with Gasteiger partial charge in [-0.05, 0) is 35.4 Å². The van der Waals surface area contributed by atoms with Crippen molar-refractivity contribution in [3.05, 3.63) is 65.5 Å². The van der Waals surface area contributed by atoms with Gasteiger partial charge in [0.25, 0.3) is 0 Å². The predicted octanol–water partition coefficient (Wildman–Crippen LogP) is 2.52. The molecule has 2 N–H and O–H groups in total. The molecule has 1 aliphatic rings. The average molecular weight is 394 g/mol. The molecule has 1 fully saturated rings. The highest BCUT2D eigenvalue weighted by atomic mass is 35.5. The summed E-state index contributed by atoms with van der Waals surface area (Å²) >= 11 is 0. The van der Waals surface area contributed by atoms with Crippen LogP contribution in [-0.2, 0) is 11.3 Å². The molecule has 2 aromatic carbocycles. The standard InChI is InChI=1S/C20H24FN3O2.ClH/c1-26-18-7-5-15(6-8-18)12-23-20(25)14-24-10-9-22-13-19(24)16-3-2-4-17(21)11-16;/h2-8,11,19,22H,9-10,12-14H2,1H3,(H,23,25);1H. The van der Waals surface area contributed by atoms with E-state index in [1.54, 1.807) is 19.2 Å². The summed E-state index contributed by atoms with van der Waals surface area (Å²) in [6.45, 7) is 3.03. The summed E-state index contributed by atoms with van der Waals surface area (Å²) in [5.74, 6) is 0.500. The molecule has 1 aliphatic heterocycles. The number of piperazine rings is 1. The van der Waals surface area contributed by atoms with Crippen LogP contribution in [0, 0.1) is 5.82 Å². The lowest BCUT2D eigenvalue weighted by Gasteiger charge is -2.36. The molecule has 1 heterocycles. The minimum Gasteiger partial charge on any atom is -0.497 e. The molecule has 146 valence electrons. The van der Waals surface area contributed by atoms with E-state index in [0.29, 0.717) is 19.6 Å². The minimum atomic E-state index is -0.253. The number of carbonyl (C=O) groups is 1. The van der Waals surface area contributed by atoms with Crippen molar-refractivity contribution in [2.45, 2.75) is 12.6 Å². The van der Waals surface area contributed by atoms with Crippen LogP contribution in [0.1, 0.15) is 17.2 Å². The SMILES string of the molecule is COc1ccc(CNC(=O)CN2CCNCC2c2cccc(F)c2)cc1.Cl. The van der Waals surface area contributed by atoms with E-state index < -0.39 is 0 Å². The summed E-state index contributed by atoms with van der Waals surface area (Å²) in [5, 5.41) is 6.27. The zero-order valence-electron chi connectivity index (χ0n) is 15.3. The van der Waals surface area contributed by atoms with E-state index in [1.165, 1.54) is 6.07 Å². The van der Waals surface area contributed by atoms with Crippen LogP contribution in [0.5, 0.6) is 5.75 Å². The topological polar surface area (TPSA) is 53.6 Å². The lowest BCUT2D eigenvalue weighted by molar-refractivity contribution is -0.123. The number of hydrogen-bond acceptors (Lipinski definition) is 4. The molecule has 7 heteroatoms. The molecule has 0 spiro atoms. The van der Waals surface area contributed by atoms with Crippen molar-refractivity contribution in [2.75, 3.05) is 33.3 Å². The number of benzene rings is 2. The first-order chi connectivity index (χ1) is 12.7. The highest BCUT2D eigenvalue weighted by Gasteiger charge is 2.25. The summed E-state index contributed by atoms with van der Waals surface area (Å²) in [4.78, 5) is 14.5. The number of carbonyl (C=O) groups excluding carboxylic acids is 1. The van der Waals surface area contributed by atoms with E-state index in [9.17, 15) is 9.18 Å². The number of rotatable bonds is 6. The predicted molar refractivity (Wildman–Crippen MR) is 106 cm³/mol. The van der Waals surface area contributed by atoms with Gasteiger partial charge in [-0.2, -0.15) is 0 Å². The van der Waals surface area contributed by atoms with E-state index in [4.69, 9.17) is 4.74 Å². The molecule has 0 saturated carbocycles. The van der Waals surface area contributed by atoms with Gasteiger partial charge in [-0.3, -0.25) is 9.69 Å². The summed E-state index contributed by atoms with van der Waals surface area (Å²) in [7, 11) is 1.62. The third kappa shape index (κ3) is 5.92. The van der Waals surface area contributed by atoms with Gasteiger partial charge in [-0.15, -0.1) is 12.4 Å². The summed E-state index contributed by atoms with van der Waals surface area (Å²) in [6.07, 6.45) is 0. The zero-order chi connectivity index (χ0) is 18.4. The van der Waals surface area contributed by atoms with Gasteiger partial charge in [0.05, 0.1) is 13.7 Å². The monoisotopic (exact) mass is 393 g/mol. The second kappa shape index (κ2) is 10.3. The maximum absolute atomic E-state index is 13.5. The molecule has 0 aliphatic carbocycles. The van der Waals surface area contributed by atoms with Crippen molar-refractivity contribution in [2.24, 2.45) is 0 Å². The Morgan fingerprint density at radius 3 is 2.78 bits per heavy atom. The molecular weight excluding hydrogens is 369 g/mol. The van der Waals surface area contributed by atoms with Crippen molar-refractivity contribution in [3.63, 3.8) is 0 Å². The normalized spacial score (nSPS) is 17.0. The Labute approximate surface area is 165 Å². The van der Waals surface area contributed by atoms with Gasteiger partial charge in [0.15, 0.2) is 0 Å². The number of nitrogens with one attached hydrogen (secondary N) is 2. The Kier molecular flexibility index (Phi) is 8.03. The Morgan fingerprint density at radius 1 is 1.30 bits per heavy atom. The summed E-state index contributed by atoms with van der Waals surface area (Å²) < 4.78 is 18.7. The number of amides is 1. The Hall–Kier alpha value is -2.15. The van der Waals surface area contributed by atoms with Crippen LogP contribution < -0.4 is 15.4 Å². The fourth-order valence-electron chi connectivity index (χ4n) is 3.16. The first-order valence-corrected chi connectivity index (χ1v) is 8.75. The number of methoxy groups -OCH3 is 1. The molecule has 2 aromatic rings. The van der Waals surface area contributed by atoms with Crippen LogP contribution >= 0.6 is 12.4 Å². The van der Waals surface area contributed by atoms with Crippen LogP contribution in [0.15, 0.2) is 48.5 Å². The van der Waals surface area contributed by atoms with E-state index in [-0.39, 0.29) is 30.2 Å². The lowest BCUT2D eigenvalue weighted by atomic mass is 10.0. The lowest BCUT2D eigenvalue weighted by Crippen LogP contribution is -2.49. The Bertz CT molecular complexity index is 742. The number of ether oxygens (including phenoxy) is 1. The largest absolute Gasteiger partial charge is 0.497 e. The second-order valence-electron chi connectivity index (χ2n) is 6.37. The van der Waals surface area contributed by atoms with Gasteiger partial charge in [-0.25, -0.2) is 4.39 Å². The maximum atomic E-state index is 13.5. The molecule has 3 rings (SSSR count). The smallest absolute Gasteiger partial charge is 0.234 e. The van der Waals surface area contributed by atoms with Crippen LogP contribution in [-0.4, -0.2) is 44.1 Å². The number of hydrogen-bond donors (Lipinski definition) is 2. The number of halogens is 2. The highest BCUT2D eigenvalue weighted by Crippen LogP contribution is 2.22. The number of nitrogens with zero attached hydrogens (tertiary/aromatic N) is 1. The van der Waals surface area contributed by atoms with Gasteiger partial charge < -0.3 is 15.4 Å². The average Bonchev–Trinajstić information content (AvgIpc) is 2.67. The van der Waals surface area contributed by atoms with Crippen molar-refractivity contribution >= 4 is 18.3 Å². The maximum Gasteiger partial charge on any atom is 0.234 e. The third-order valence-electron chi connectivity index (χ3n) is 4.58. The van der Waals surface area contributed by atoms with Gasteiger partial charge in [0, 0.05) is 32.2 Å². The van der Waals surface area contributed by atoms with Gasteiger partial charge >= 0.3 is 0 Å². The van der Waals surface area contributed by atoms with Crippen molar-refractivity contribution in [1.82, 2.24) is 15.5 Å². The van der Waals surface area contributed by atoms with Crippen LogP contribution in [0.2, 0.25) is 0 Å². The van der Waals surface area contributed by atoms with Crippen molar-refractivity contribution in [1.29, 1.82) is 0 Å². The van der Waals surface area contributed by atoms with Crippen LogP contribution in [0.3, 0.4) is 0 Å². The third-order valence-corrected chi connectivity index (χ3v) is 4.58. The first-order valence-electron chi connectivity index (χ1n) is 8.75. The molecule has 27 heavy (non-hydrogen) atoms. The quantitative estimate of drug-likeness (QED) is 0.791. The zero-order valence-corrected chi connectivity index (χ0v) is 16.1. The molecule has 1 unspecified atom stereocenters. The van der Waals surface area contributed by atoms with Gasteiger partial charge in [0.1, 0.15) is 11.6 Å². The minimum absolute atomic E-state index is 0. The molecule has 0 aromatic heterocycles. The van der Waals surface area contributed by atoms with E-state index in [0.717, 1.165) is 30.0 Å². The van der Waals surface area contributed by atoms with E-state index in [2.05, 4.69) is 15.5 Å².